The molecule has 1 heterocycles. The van der Waals surface area contributed by atoms with Crippen LogP contribution in [0.5, 0.6) is 5.75 Å². The molecular weight excluding hydrogens is 287 g/mol. The highest BCUT2D eigenvalue weighted by molar-refractivity contribution is 5.68. The standard InChI is InChI=1S/C12H14F3N5O/c13-7-4-8(16)9(5-10(7)21-12(14)15)17-3-1-2-11-18-6-19-20-11/h4-6,12,17H,1-3,16H2,(H,18,19,20). The lowest BCUT2D eigenvalue weighted by atomic mass is 10.2. The number of hydrogen-bond donors (Lipinski definition) is 3. The average molecular weight is 301 g/mol. The first-order valence-electron chi connectivity index (χ1n) is 6.18. The van der Waals surface area contributed by atoms with Crippen molar-refractivity contribution < 1.29 is 17.9 Å². The minimum atomic E-state index is -3.09. The summed E-state index contributed by atoms with van der Waals surface area (Å²) in [5.41, 5.74) is 6.08. The molecule has 114 valence electrons. The van der Waals surface area contributed by atoms with Crippen LogP contribution in [0.25, 0.3) is 0 Å². The van der Waals surface area contributed by atoms with Crippen molar-refractivity contribution in [3.63, 3.8) is 0 Å². The van der Waals surface area contributed by atoms with Crippen LogP contribution in [0.3, 0.4) is 0 Å². The third-order valence-electron chi connectivity index (χ3n) is 2.69. The van der Waals surface area contributed by atoms with Gasteiger partial charge in [0.25, 0.3) is 0 Å². The molecule has 0 aliphatic rings. The van der Waals surface area contributed by atoms with Crippen molar-refractivity contribution in [1.29, 1.82) is 0 Å². The monoisotopic (exact) mass is 301 g/mol. The third-order valence-corrected chi connectivity index (χ3v) is 2.69. The molecule has 0 saturated carbocycles. The van der Waals surface area contributed by atoms with Crippen molar-refractivity contribution in [2.75, 3.05) is 17.6 Å². The number of halogens is 3. The number of nitrogen functional groups attached to an aromatic ring is 1. The molecule has 4 N–H and O–H groups in total. The van der Waals surface area contributed by atoms with Gasteiger partial charge in [-0.2, -0.15) is 13.9 Å². The topological polar surface area (TPSA) is 88.8 Å². The molecule has 0 radical (unpaired) electrons. The highest BCUT2D eigenvalue weighted by atomic mass is 19.3. The predicted octanol–water partition coefficient (Wildman–Crippen LogP) is 2.17. The normalized spacial score (nSPS) is 10.9. The van der Waals surface area contributed by atoms with Gasteiger partial charge in [-0.25, -0.2) is 9.37 Å². The number of aromatic amines is 1. The number of nitrogens with two attached hydrogens (primary N) is 1. The summed E-state index contributed by atoms with van der Waals surface area (Å²) in [6, 6.07) is 2.06. The second kappa shape index (κ2) is 6.82. The van der Waals surface area contributed by atoms with Crippen LogP contribution in [0.4, 0.5) is 24.5 Å². The van der Waals surface area contributed by atoms with Crippen molar-refractivity contribution in [2.24, 2.45) is 0 Å². The van der Waals surface area contributed by atoms with Gasteiger partial charge in [0.1, 0.15) is 12.2 Å². The summed E-state index contributed by atoms with van der Waals surface area (Å²) in [6.07, 6.45) is 2.78. The molecule has 0 fully saturated rings. The summed E-state index contributed by atoms with van der Waals surface area (Å²) in [5, 5.41) is 9.37. The maximum Gasteiger partial charge on any atom is 0.387 e. The van der Waals surface area contributed by atoms with E-state index in [1.165, 1.54) is 6.33 Å². The number of nitrogens with zero attached hydrogens (tertiary/aromatic N) is 2. The minimum absolute atomic E-state index is 0.119. The van der Waals surface area contributed by atoms with Gasteiger partial charge in [0.05, 0.1) is 11.4 Å². The summed E-state index contributed by atoms with van der Waals surface area (Å²) in [7, 11) is 0. The smallest absolute Gasteiger partial charge is 0.387 e. The van der Waals surface area contributed by atoms with E-state index >= 15 is 0 Å². The molecule has 9 heteroatoms. The van der Waals surface area contributed by atoms with Gasteiger partial charge in [-0.15, -0.1) is 0 Å². The van der Waals surface area contributed by atoms with Crippen molar-refractivity contribution >= 4 is 11.4 Å². The van der Waals surface area contributed by atoms with E-state index in [-0.39, 0.29) is 5.69 Å². The Kier molecular flexibility index (Phi) is 4.85. The molecule has 0 unspecified atom stereocenters. The number of aromatic nitrogens is 3. The van der Waals surface area contributed by atoms with Crippen molar-refractivity contribution in [2.45, 2.75) is 19.5 Å². The predicted molar refractivity (Wildman–Crippen MR) is 70.6 cm³/mol. The van der Waals surface area contributed by atoms with E-state index in [9.17, 15) is 13.2 Å². The summed E-state index contributed by atoms with van der Waals surface area (Å²) < 4.78 is 41.7. The number of aryl methyl sites for hydroxylation is 1. The molecule has 1 aromatic carbocycles. The Labute approximate surface area is 118 Å². The van der Waals surface area contributed by atoms with Gasteiger partial charge in [-0.05, 0) is 6.42 Å². The van der Waals surface area contributed by atoms with E-state index in [1.54, 1.807) is 0 Å². The maximum atomic E-state index is 13.4. The summed E-state index contributed by atoms with van der Waals surface area (Å²) in [5.74, 6) is -0.734. The number of rotatable bonds is 7. The Morgan fingerprint density at radius 1 is 1.38 bits per heavy atom. The number of ether oxygens (including phenoxy) is 1. The molecule has 0 aliphatic heterocycles. The molecule has 0 aliphatic carbocycles. The lowest BCUT2D eigenvalue weighted by Crippen LogP contribution is -2.09. The van der Waals surface area contributed by atoms with Crippen LogP contribution in [-0.4, -0.2) is 28.3 Å². The van der Waals surface area contributed by atoms with Crippen LogP contribution in [0.1, 0.15) is 12.2 Å². The average Bonchev–Trinajstić information content (AvgIpc) is 2.92. The summed E-state index contributed by atoms with van der Waals surface area (Å²) >= 11 is 0. The molecule has 1 aromatic heterocycles. The maximum absolute atomic E-state index is 13.4. The second-order valence-corrected chi connectivity index (χ2v) is 4.21. The van der Waals surface area contributed by atoms with Gasteiger partial charge in [0, 0.05) is 25.1 Å². The van der Waals surface area contributed by atoms with E-state index in [1.807, 2.05) is 0 Å². The van der Waals surface area contributed by atoms with Gasteiger partial charge in [-0.1, -0.05) is 0 Å². The number of nitrogens with one attached hydrogen (secondary N) is 2. The van der Waals surface area contributed by atoms with Crippen molar-refractivity contribution in [3.05, 3.63) is 30.1 Å². The van der Waals surface area contributed by atoms with Gasteiger partial charge < -0.3 is 15.8 Å². The number of H-pyrrole nitrogens is 1. The third kappa shape index (κ3) is 4.26. The van der Waals surface area contributed by atoms with Crippen LogP contribution in [0, 0.1) is 5.82 Å². The zero-order valence-corrected chi connectivity index (χ0v) is 10.9. The molecule has 0 atom stereocenters. The van der Waals surface area contributed by atoms with E-state index in [0.29, 0.717) is 25.1 Å². The minimum Gasteiger partial charge on any atom is -0.432 e. The van der Waals surface area contributed by atoms with Crippen LogP contribution in [-0.2, 0) is 6.42 Å². The quantitative estimate of drug-likeness (QED) is 0.539. The molecule has 2 aromatic rings. The Hall–Kier alpha value is -2.45. The number of alkyl halides is 2. The first-order valence-corrected chi connectivity index (χ1v) is 6.18. The molecular formula is C12H14F3N5O. The Morgan fingerprint density at radius 2 is 2.19 bits per heavy atom. The van der Waals surface area contributed by atoms with Gasteiger partial charge in [-0.3, -0.25) is 5.10 Å². The number of benzene rings is 1. The fourth-order valence-electron chi connectivity index (χ4n) is 1.74. The summed E-state index contributed by atoms with van der Waals surface area (Å²) in [4.78, 5) is 3.96. The lowest BCUT2D eigenvalue weighted by molar-refractivity contribution is -0.0521. The van der Waals surface area contributed by atoms with Gasteiger partial charge in [0.2, 0.25) is 0 Å². The van der Waals surface area contributed by atoms with Crippen molar-refractivity contribution in [1.82, 2.24) is 15.2 Å². The van der Waals surface area contributed by atoms with Crippen LogP contribution in [0.2, 0.25) is 0 Å². The molecule has 6 nitrogen and oxygen atoms in total. The van der Waals surface area contributed by atoms with E-state index in [2.05, 4.69) is 25.2 Å². The van der Waals surface area contributed by atoms with E-state index < -0.39 is 18.2 Å². The van der Waals surface area contributed by atoms with Gasteiger partial charge in [0.15, 0.2) is 11.6 Å². The molecule has 2 rings (SSSR count). The van der Waals surface area contributed by atoms with Crippen molar-refractivity contribution in [3.8, 4) is 5.75 Å². The van der Waals surface area contributed by atoms with E-state index in [0.717, 1.165) is 18.0 Å². The largest absolute Gasteiger partial charge is 0.432 e. The zero-order chi connectivity index (χ0) is 15.2. The fraction of sp³-hybridized carbons (Fsp3) is 0.333. The highest BCUT2D eigenvalue weighted by Crippen LogP contribution is 2.29. The second-order valence-electron chi connectivity index (χ2n) is 4.21. The first-order chi connectivity index (χ1) is 10.1. The fourth-order valence-corrected chi connectivity index (χ4v) is 1.74. The Morgan fingerprint density at radius 3 is 2.86 bits per heavy atom. The zero-order valence-electron chi connectivity index (χ0n) is 10.9. The molecule has 21 heavy (non-hydrogen) atoms. The first kappa shape index (κ1) is 14.9. The van der Waals surface area contributed by atoms with Crippen LogP contribution >= 0.6 is 0 Å². The Bertz CT molecular complexity index is 577. The highest BCUT2D eigenvalue weighted by Gasteiger charge is 2.13. The Balaban J connectivity index is 1.92. The SMILES string of the molecule is Nc1cc(F)c(OC(F)F)cc1NCCCc1ncn[nH]1. The van der Waals surface area contributed by atoms with Crippen LogP contribution < -0.4 is 15.8 Å². The molecule has 0 saturated heterocycles. The van der Waals surface area contributed by atoms with E-state index in [4.69, 9.17) is 5.73 Å². The molecule has 0 amide bonds. The molecule has 0 bridgehead atoms. The number of hydrogen-bond acceptors (Lipinski definition) is 5. The van der Waals surface area contributed by atoms with Crippen LogP contribution in [0.15, 0.2) is 18.5 Å². The lowest BCUT2D eigenvalue weighted by Gasteiger charge is -2.12. The van der Waals surface area contributed by atoms with Gasteiger partial charge >= 0.3 is 6.61 Å². The summed E-state index contributed by atoms with van der Waals surface area (Å²) in [6.45, 7) is -2.59. The number of anilines is 2. The molecule has 0 spiro atoms.